The SMILES string of the molecule is CCC(COC)NCC1(C)CCCS1. The van der Waals surface area contributed by atoms with Gasteiger partial charge in [0.2, 0.25) is 0 Å². The van der Waals surface area contributed by atoms with E-state index in [2.05, 4.69) is 30.9 Å². The zero-order chi connectivity index (χ0) is 10.4. The van der Waals surface area contributed by atoms with Gasteiger partial charge in [-0.25, -0.2) is 0 Å². The van der Waals surface area contributed by atoms with Gasteiger partial charge in [-0.05, 0) is 31.9 Å². The monoisotopic (exact) mass is 217 g/mol. The van der Waals surface area contributed by atoms with E-state index >= 15 is 0 Å². The van der Waals surface area contributed by atoms with Crippen LogP contribution in [-0.2, 0) is 4.74 Å². The summed E-state index contributed by atoms with van der Waals surface area (Å²) in [5.74, 6) is 1.33. The molecule has 0 saturated carbocycles. The maximum Gasteiger partial charge on any atom is 0.0615 e. The van der Waals surface area contributed by atoms with Gasteiger partial charge < -0.3 is 10.1 Å². The Balaban J connectivity index is 2.23. The van der Waals surface area contributed by atoms with Crippen molar-refractivity contribution in [1.29, 1.82) is 0 Å². The molecule has 0 bridgehead atoms. The maximum absolute atomic E-state index is 5.17. The van der Waals surface area contributed by atoms with Crippen LogP contribution < -0.4 is 5.32 Å². The molecule has 2 nitrogen and oxygen atoms in total. The Morgan fingerprint density at radius 3 is 2.86 bits per heavy atom. The topological polar surface area (TPSA) is 21.3 Å². The number of ether oxygens (including phenoxy) is 1. The van der Waals surface area contributed by atoms with Crippen LogP contribution in [0.2, 0.25) is 0 Å². The van der Waals surface area contributed by atoms with Gasteiger partial charge in [-0.1, -0.05) is 6.92 Å². The van der Waals surface area contributed by atoms with Gasteiger partial charge in [-0.15, -0.1) is 0 Å². The van der Waals surface area contributed by atoms with Gasteiger partial charge in [0.15, 0.2) is 0 Å². The molecule has 14 heavy (non-hydrogen) atoms. The Bertz CT molecular complexity index is 157. The molecule has 1 heterocycles. The van der Waals surface area contributed by atoms with Gasteiger partial charge >= 0.3 is 0 Å². The second kappa shape index (κ2) is 5.99. The summed E-state index contributed by atoms with van der Waals surface area (Å²) in [5, 5.41) is 3.61. The highest BCUT2D eigenvalue weighted by atomic mass is 32.2. The van der Waals surface area contributed by atoms with Gasteiger partial charge in [0.05, 0.1) is 6.61 Å². The van der Waals surface area contributed by atoms with Crippen LogP contribution in [-0.4, -0.2) is 36.8 Å². The van der Waals surface area contributed by atoms with Crippen LogP contribution in [0.5, 0.6) is 0 Å². The molecule has 1 aliphatic heterocycles. The van der Waals surface area contributed by atoms with E-state index in [-0.39, 0.29) is 0 Å². The van der Waals surface area contributed by atoms with E-state index < -0.39 is 0 Å². The van der Waals surface area contributed by atoms with Crippen molar-refractivity contribution in [2.45, 2.75) is 43.9 Å². The van der Waals surface area contributed by atoms with E-state index in [1.807, 2.05) is 0 Å². The van der Waals surface area contributed by atoms with Crippen molar-refractivity contribution >= 4 is 11.8 Å². The smallest absolute Gasteiger partial charge is 0.0615 e. The molecule has 2 atom stereocenters. The number of hydrogen-bond donors (Lipinski definition) is 1. The van der Waals surface area contributed by atoms with Crippen LogP contribution in [0, 0.1) is 0 Å². The van der Waals surface area contributed by atoms with Crippen LogP contribution in [0.4, 0.5) is 0 Å². The zero-order valence-electron chi connectivity index (χ0n) is 9.64. The first-order valence-corrected chi connectivity index (χ1v) is 6.55. The van der Waals surface area contributed by atoms with Crippen molar-refractivity contribution in [2.24, 2.45) is 0 Å². The average Bonchev–Trinajstić information content (AvgIpc) is 2.60. The summed E-state index contributed by atoms with van der Waals surface area (Å²) in [6.07, 6.45) is 3.88. The van der Waals surface area contributed by atoms with Crippen molar-refractivity contribution in [2.75, 3.05) is 26.0 Å². The van der Waals surface area contributed by atoms with Crippen molar-refractivity contribution in [3.05, 3.63) is 0 Å². The number of rotatable bonds is 6. The Morgan fingerprint density at radius 1 is 1.57 bits per heavy atom. The van der Waals surface area contributed by atoms with Crippen LogP contribution >= 0.6 is 11.8 Å². The summed E-state index contributed by atoms with van der Waals surface area (Å²) in [5.41, 5.74) is 0. The molecule has 3 heteroatoms. The fraction of sp³-hybridized carbons (Fsp3) is 1.00. The predicted molar refractivity (Wildman–Crippen MR) is 64.1 cm³/mol. The number of hydrogen-bond acceptors (Lipinski definition) is 3. The summed E-state index contributed by atoms with van der Waals surface area (Å²) >= 11 is 2.11. The number of methoxy groups -OCH3 is 1. The fourth-order valence-electron chi connectivity index (χ4n) is 1.86. The number of thioether (sulfide) groups is 1. The van der Waals surface area contributed by atoms with E-state index in [1.165, 1.54) is 18.6 Å². The fourth-order valence-corrected chi connectivity index (χ4v) is 3.11. The maximum atomic E-state index is 5.17. The molecule has 0 aromatic carbocycles. The standard InChI is InChI=1S/C11H23NOS/c1-4-10(8-13-3)12-9-11(2)6-5-7-14-11/h10,12H,4-9H2,1-3H3. The third-order valence-electron chi connectivity index (χ3n) is 2.93. The van der Waals surface area contributed by atoms with Crippen LogP contribution in [0.15, 0.2) is 0 Å². The first-order valence-electron chi connectivity index (χ1n) is 5.56. The lowest BCUT2D eigenvalue weighted by atomic mass is 10.1. The predicted octanol–water partition coefficient (Wildman–Crippen LogP) is 2.29. The second-order valence-electron chi connectivity index (χ2n) is 4.34. The zero-order valence-corrected chi connectivity index (χ0v) is 10.5. The minimum Gasteiger partial charge on any atom is -0.383 e. The molecule has 84 valence electrons. The van der Waals surface area contributed by atoms with Gasteiger partial charge in [-0.3, -0.25) is 0 Å². The first kappa shape index (κ1) is 12.3. The van der Waals surface area contributed by atoms with Crippen molar-refractivity contribution < 1.29 is 4.74 Å². The van der Waals surface area contributed by atoms with Crippen LogP contribution in [0.25, 0.3) is 0 Å². The van der Waals surface area contributed by atoms with E-state index in [1.54, 1.807) is 7.11 Å². The lowest BCUT2D eigenvalue weighted by Gasteiger charge is -2.26. The second-order valence-corrected chi connectivity index (χ2v) is 6.03. The largest absolute Gasteiger partial charge is 0.383 e. The van der Waals surface area contributed by atoms with E-state index in [9.17, 15) is 0 Å². The molecular formula is C11H23NOS. The lowest BCUT2D eigenvalue weighted by molar-refractivity contribution is 0.163. The molecule has 2 unspecified atom stereocenters. The molecule has 1 aliphatic rings. The Kier molecular flexibility index (Phi) is 5.28. The van der Waals surface area contributed by atoms with Crippen LogP contribution in [0.3, 0.4) is 0 Å². The van der Waals surface area contributed by atoms with Crippen molar-refractivity contribution in [1.82, 2.24) is 5.32 Å². The molecule has 1 N–H and O–H groups in total. The highest BCUT2D eigenvalue weighted by Crippen LogP contribution is 2.37. The van der Waals surface area contributed by atoms with E-state index in [0.29, 0.717) is 10.8 Å². The summed E-state index contributed by atoms with van der Waals surface area (Å²) < 4.78 is 5.65. The molecule has 1 fully saturated rings. The van der Waals surface area contributed by atoms with Crippen molar-refractivity contribution in [3.8, 4) is 0 Å². The lowest BCUT2D eigenvalue weighted by Crippen LogP contribution is -2.41. The molecular weight excluding hydrogens is 194 g/mol. The molecule has 1 saturated heterocycles. The third kappa shape index (κ3) is 3.79. The molecule has 0 amide bonds. The van der Waals surface area contributed by atoms with Gasteiger partial charge in [0, 0.05) is 24.4 Å². The molecule has 0 aromatic rings. The highest BCUT2D eigenvalue weighted by Gasteiger charge is 2.29. The van der Waals surface area contributed by atoms with E-state index in [0.717, 1.165) is 19.6 Å². The van der Waals surface area contributed by atoms with Gasteiger partial charge in [0.1, 0.15) is 0 Å². The Morgan fingerprint density at radius 2 is 2.36 bits per heavy atom. The minimum atomic E-state index is 0.473. The van der Waals surface area contributed by atoms with Gasteiger partial charge in [0.25, 0.3) is 0 Å². The Hall–Kier alpha value is 0.270. The Labute approximate surface area is 92.2 Å². The molecule has 0 aliphatic carbocycles. The third-order valence-corrected chi connectivity index (χ3v) is 4.46. The molecule has 0 aromatic heterocycles. The molecule has 0 radical (unpaired) electrons. The summed E-state index contributed by atoms with van der Waals surface area (Å²) in [6.45, 7) is 6.54. The van der Waals surface area contributed by atoms with Crippen molar-refractivity contribution in [3.63, 3.8) is 0 Å². The average molecular weight is 217 g/mol. The minimum absolute atomic E-state index is 0.473. The van der Waals surface area contributed by atoms with Gasteiger partial charge in [-0.2, -0.15) is 11.8 Å². The first-order chi connectivity index (χ1) is 6.70. The summed E-state index contributed by atoms with van der Waals surface area (Å²) in [6, 6.07) is 0.526. The summed E-state index contributed by atoms with van der Waals surface area (Å²) in [4.78, 5) is 0. The normalized spacial score (nSPS) is 29.4. The quantitative estimate of drug-likeness (QED) is 0.737. The van der Waals surface area contributed by atoms with Crippen LogP contribution in [0.1, 0.15) is 33.1 Å². The summed E-state index contributed by atoms with van der Waals surface area (Å²) in [7, 11) is 1.77. The molecule has 0 spiro atoms. The highest BCUT2D eigenvalue weighted by molar-refractivity contribution is 8.00. The van der Waals surface area contributed by atoms with E-state index in [4.69, 9.17) is 4.74 Å². The molecule has 1 rings (SSSR count). The number of nitrogens with one attached hydrogen (secondary N) is 1.